The number of hydrogen-bond acceptors (Lipinski definition) is 4. The van der Waals surface area contributed by atoms with Crippen molar-refractivity contribution in [3.63, 3.8) is 0 Å². The number of nitrogens with one attached hydrogen (secondary N) is 1. The van der Waals surface area contributed by atoms with Crippen LogP contribution < -0.4 is 16.0 Å². The van der Waals surface area contributed by atoms with Crippen LogP contribution >= 0.6 is 27.3 Å². The standard InChI is InChI=1S/C15H17BrN2OS/c16-15-8-12(9-20-15)13(18-17)3-1-10-2-4-14-11(7-10)5-6-19-14/h2,4,7-9,13,18H,1,3,5-6,17H2. The molecule has 1 unspecified atom stereocenters. The topological polar surface area (TPSA) is 47.3 Å². The Labute approximate surface area is 131 Å². The molecule has 0 spiro atoms. The van der Waals surface area contributed by atoms with Crippen LogP contribution in [0.3, 0.4) is 0 Å². The lowest BCUT2D eigenvalue weighted by molar-refractivity contribution is 0.357. The van der Waals surface area contributed by atoms with Crippen LogP contribution in [0.2, 0.25) is 0 Å². The average molecular weight is 353 g/mol. The first-order valence-corrected chi connectivity index (χ1v) is 8.38. The van der Waals surface area contributed by atoms with Crippen molar-refractivity contribution in [2.24, 2.45) is 5.84 Å². The minimum atomic E-state index is 0.196. The van der Waals surface area contributed by atoms with Gasteiger partial charge in [0.15, 0.2) is 0 Å². The monoisotopic (exact) mass is 352 g/mol. The lowest BCUT2D eigenvalue weighted by atomic mass is 10.00. The Bertz CT molecular complexity index is 599. The van der Waals surface area contributed by atoms with Gasteiger partial charge < -0.3 is 4.74 Å². The van der Waals surface area contributed by atoms with Crippen LogP contribution in [0, 0.1) is 0 Å². The predicted molar refractivity (Wildman–Crippen MR) is 86.0 cm³/mol. The van der Waals surface area contributed by atoms with Gasteiger partial charge in [-0.05, 0) is 63.0 Å². The highest BCUT2D eigenvalue weighted by Crippen LogP contribution is 2.29. The zero-order valence-electron chi connectivity index (χ0n) is 11.1. The molecule has 0 saturated heterocycles. The molecule has 0 aliphatic carbocycles. The molecule has 1 aliphatic heterocycles. The normalized spacial score (nSPS) is 14.9. The van der Waals surface area contributed by atoms with E-state index in [2.05, 4.69) is 51.0 Å². The number of halogens is 1. The van der Waals surface area contributed by atoms with E-state index in [1.807, 2.05) is 0 Å². The molecule has 5 heteroatoms. The van der Waals surface area contributed by atoms with Crippen LogP contribution in [0.15, 0.2) is 33.4 Å². The van der Waals surface area contributed by atoms with Crippen LogP contribution in [0.4, 0.5) is 0 Å². The number of hydrazine groups is 1. The fourth-order valence-corrected chi connectivity index (χ4v) is 3.79. The summed E-state index contributed by atoms with van der Waals surface area (Å²) in [4.78, 5) is 0. The third kappa shape index (κ3) is 3.06. The van der Waals surface area contributed by atoms with Crippen LogP contribution in [0.5, 0.6) is 5.75 Å². The van der Waals surface area contributed by atoms with Gasteiger partial charge in [0.25, 0.3) is 0 Å². The fourth-order valence-electron chi connectivity index (χ4n) is 2.56. The zero-order chi connectivity index (χ0) is 13.9. The molecule has 0 bridgehead atoms. The van der Waals surface area contributed by atoms with Gasteiger partial charge in [-0.1, -0.05) is 12.1 Å². The van der Waals surface area contributed by atoms with Gasteiger partial charge in [-0.3, -0.25) is 11.3 Å². The molecular weight excluding hydrogens is 336 g/mol. The highest BCUT2D eigenvalue weighted by Gasteiger charge is 2.14. The number of ether oxygens (including phenoxy) is 1. The second-order valence-electron chi connectivity index (χ2n) is 4.98. The van der Waals surface area contributed by atoms with Gasteiger partial charge in [0.1, 0.15) is 5.75 Å². The summed E-state index contributed by atoms with van der Waals surface area (Å²) in [6.45, 7) is 0.814. The highest BCUT2D eigenvalue weighted by molar-refractivity contribution is 9.11. The summed E-state index contributed by atoms with van der Waals surface area (Å²) in [5, 5.41) is 2.14. The molecule has 20 heavy (non-hydrogen) atoms. The number of aryl methyl sites for hydroxylation is 1. The van der Waals surface area contributed by atoms with Crippen molar-refractivity contribution < 1.29 is 4.74 Å². The Morgan fingerprint density at radius 2 is 2.30 bits per heavy atom. The average Bonchev–Trinajstić information content (AvgIpc) is 3.08. The number of rotatable bonds is 5. The zero-order valence-corrected chi connectivity index (χ0v) is 13.5. The summed E-state index contributed by atoms with van der Waals surface area (Å²) in [7, 11) is 0. The second-order valence-corrected chi connectivity index (χ2v) is 7.27. The molecule has 1 aromatic carbocycles. The van der Waals surface area contributed by atoms with E-state index in [9.17, 15) is 0 Å². The van der Waals surface area contributed by atoms with E-state index >= 15 is 0 Å². The third-order valence-electron chi connectivity index (χ3n) is 3.67. The quantitative estimate of drug-likeness (QED) is 0.638. The van der Waals surface area contributed by atoms with E-state index in [1.165, 1.54) is 16.7 Å². The van der Waals surface area contributed by atoms with Crippen molar-refractivity contribution in [2.45, 2.75) is 25.3 Å². The van der Waals surface area contributed by atoms with Crippen molar-refractivity contribution in [2.75, 3.05) is 6.61 Å². The maximum absolute atomic E-state index is 5.69. The molecule has 1 aromatic heterocycles. The Morgan fingerprint density at radius 1 is 1.40 bits per heavy atom. The summed E-state index contributed by atoms with van der Waals surface area (Å²) in [5.41, 5.74) is 6.84. The molecule has 1 aliphatic rings. The third-order valence-corrected chi connectivity index (χ3v) is 5.19. The largest absolute Gasteiger partial charge is 0.493 e. The summed E-state index contributed by atoms with van der Waals surface area (Å²) >= 11 is 5.19. The molecule has 2 heterocycles. The fraction of sp³-hybridized carbons (Fsp3) is 0.333. The second kappa shape index (κ2) is 6.26. The molecule has 0 radical (unpaired) electrons. The summed E-state index contributed by atoms with van der Waals surface area (Å²) in [6, 6.07) is 8.83. The molecule has 3 nitrogen and oxygen atoms in total. The van der Waals surface area contributed by atoms with E-state index in [0.717, 1.165) is 35.4 Å². The van der Waals surface area contributed by atoms with Crippen LogP contribution in [0.25, 0.3) is 0 Å². The van der Waals surface area contributed by atoms with Gasteiger partial charge in [0, 0.05) is 12.5 Å². The molecule has 3 rings (SSSR count). The maximum Gasteiger partial charge on any atom is 0.122 e. The van der Waals surface area contributed by atoms with Crippen LogP contribution in [-0.2, 0) is 12.8 Å². The predicted octanol–water partition coefficient (Wildman–Crippen LogP) is 3.58. The van der Waals surface area contributed by atoms with Crippen molar-refractivity contribution in [1.29, 1.82) is 0 Å². The summed E-state index contributed by atoms with van der Waals surface area (Å²) in [5.74, 6) is 6.73. The first kappa shape index (κ1) is 14.1. The van der Waals surface area contributed by atoms with Crippen molar-refractivity contribution in [3.05, 3.63) is 50.1 Å². The smallest absolute Gasteiger partial charge is 0.122 e. The van der Waals surface area contributed by atoms with Gasteiger partial charge in [0.2, 0.25) is 0 Å². The van der Waals surface area contributed by atoms with Gasteiger partial charge in [0.05, 0.1) is 10.4 Å². The van der Waals surface area contributed by atoms with Crippen molar-refractivity contribution in [3.8, 4) is 5.75 Å². The highest BCUT2D eigenvalue weighted by atomic mass is 79.9. The van der Waals surface area contributed by atoms with Crippen LogP contribution in [-0.4, -0.2) is 6.61 Å². The lowest BCUT2D eigenvalue weighted by Gasteiger charge is -2.14. The maximum atomic E-state index is 5.69. The van der Waals surface area contributed by atoms with Gasteiger partial charge in [-0.15, -0.1) is 11.3 Å². The first-order valence-electron chi connectivity index (χ1n) is 6.71. The molecule has 2 aromatic rings. The van der Waals surface area contributed by atoms with Gasteiger partial charge in [-0.2, -0.15) is 0 Å². The van der Waals surface area contributed by atoms with E-state index in [-0.39, 0.29) is 6.04 Å². The van der Waals surface area contributed by atoms with E-state index in [1.54, 1.807) is 11.3 Å². The van der Waals surface area contributed by atoms with Gasteiger partial charge in [-0.25, -0.2) is 0 Å². The van der Waals surface area contributed by atoms with Crippen molar-refractivity contribution in [1.82, 2.24) is 5.43 Å². The van der Waals surface area contributed by atoms with Crippen LogP contribution in [0.1, 0.15) is 29.2 Å². The van der Waals surface area contributed by atoms with E-state index in [4.69, 9.17) is 10.6 Å². The van der Waals surface area contributed by atoms with Gasteiger partial charge >= 0.3 is 0 Å². The molecule has 0 amide bonds. The number of fused-ring (bicyclic) bond motifs is 1. The Hall–Kier alpha value is -0.880. The minimum Gasteiger partial charge on any atom is -0.493 e. The lowest BCUT2D eigenvalue weighted by Crippen LogP contribution is -2.28. The first-order chi connectivity index (χ1) is 9.76. The Balaban J connectivity index is 1.66. The van der Waals surface area contributed by atoms with Crippen molar-refractivity contribution >= 4 is 27.3 Å². The van der Waals surface area contributed by atoms with E-state index < -0.39 is 0 Å². The SMILES string of the molecule is NNC(CCc1ccc2c(c1)CCO2)c1csc(Br)c1. The molecule has 1 atom stereocenters. The van der Waals surface area contributed by atoms with E-state index in [0.29, 0.717) is 0 Å². The number of benzene rings is 1. The molecule has 0 saturated carbocycles. The Morgan fingerprint density at radius 3 is 3.05 bits per heavy atom. The molecule has 106 valence electrons. The number of hydrogen-bond donors (Lipinski definition) is 2. The molecular formula is C15H17BrN2OS. The summed E-state index contributed by atoms with van der Waals surface area (Å²) < 4.78 is 6.68. The molecule has 0 fully saturated rings. The Kier molecular flexibility index (Phi) is 4.41. The number of nitrogens with two attached hydrogens (primary N) is 1. The minimum absolute atomic E-state index is 0.196. The molecule has 3 N–H and O–H groups in total. The summed E-state index contributed by atoms with van der Waals surface area (Å²) in [6.07, 6.45) is 3.02. The number of thiophene rings is 1.